The van der Waals surface area contributed by atoms with Crippen molar-refractivity contribution >= 4 is 50.3 Å². The first kappa shape index (κ1) is 12.5. The number of ketones is 1. The number of hydrogen-bond acceptors (Lipinski definition) is 3. The van der Waals surface area contributed by atoms with Crippen molar-refractivity contribution in [3.63, 3.8) is 0 Å². The number of benzene rings is 1. The minimum absolute atomic E-state index is 0.216. The molecule has 88 valence electrons. The van der Waals surface area contributed by atoms with Crippen LogP contribution in [0.2, 0.25) is 4.34 Å². The highest BCUT2D eigenvalue weighted by Gasteiger charge is 2.15. The molecule has 0 spiro atoms. The summed E-state index contributed by atoms with van der Waals surface area (Å²) >= 11 is 10.2. The van der Waals surface area contributed by atoms with Crippen LogP contribution in [0.3, 0.4) is 0 Å². The monoisotopic (exact) mass is 333 g/mol. The van der Waals surface area contributed by atoms with Crippen LogP contribution >= 0.6 is 38.9 Å². The molecule has 1 aromatic carbocycles. The van der Waals surface area contributed by atoms with Crippen molar-refractivity contribution in [3.8, 4) is 0 Å². The fourth-order valence-corrected chi connectivity index (χ4v) is 3.01. The van der Waals surface area contributed by atoms with Crippen molar-refractivity contribution in [2.24, 2.45) is 0 Å². The Balaban J connectivity index is 2.43. The summed E-state index contributed by atoms with van der Waals surface area (Å²) < 4.78 is 14.3. The largest absolute Gasteiger partial charge is 0.399 e. The fraction of sp³-hybridized carbons (Fsp3) is 0. The van der Waals surface area contributed by atoms with E-state index in [9.17, 15) is 9.18 Å². The normalized spacial score (nSPS) is 10.5. The van der Waals surface area contributed by atoms with Crippen molar-refractivity contribution in [1.82, 2.24) is 0 Å². The fourth-order valence-electron chi connectivity index (χ4n) is 1.34. The third kappa shape index (κ3) is 2.68. The Hall–Kier alpha value is -0.910. The topological polar surface area (TPSA) is 43.1 Å². The van der Waals surface area contributed by atoms with Gasteiger partial charge in [-0.25, -0.2) is 4.39 Å². The van der Waals surface area contributed by atoms with E-state index in [1.54, 1.807) is 6.07 Å². The van der Waals surface area contributed by atoms with E-state index in [1.165, 1.54) is 6.07 Å². The van der Waals surface area contributed by atoms with Crippen molar-refractivity contribution in [1.29, 1.82) is 0 Å². The maximum atomic E-state index is 13.1. The van der Waals surface area contributed by atoms with Crippen LogP contribution in [0.15, 0.2) is 28.7 Å². The molecule has 0 atom stereocenters. The summed E-state index contributed by atoms with van der Waals surface area (Å²) in [6.45, 7) is 0. The van der Waals surface area contributed by atoms with Crippen LogP contribution in [-0.2, 0) is 0 Å². The highest BCUT2D eigenvalue weighted by atomic mass is 79.9. The van der Waals surface area contributed by atoms with E-state index in [4.69, 9.17) is 17.3 Å². The maximum absolute atomic E-state index is 13.1. The summed E-state index contributed by atoms with van der Waals surface area (Å²) in [4.78, 5) is 12.5. The van der Waals surface area contributed by atoms with E-state index in [1.807, 2.05) is 0 Å². The van der Waals surface area contributed by atoms with Gasteiger partial charge >= 0.3 is 0 Å². The lowest BCUT2D eigenvalue weighted by Gasteiger charge is -2.00. The molecule has 0 aliphatic heterocycles. The SMILES string of the molecule is Nc1cc(F)cc(C(=O)c2cc(Br)c(Cl)s2)c1. The van der Waals surface area contributed by atoms with Gasteiger partial charge in [0.05, 0.1) is 4.88 Å². The Morgan fingerprint density at radius 3 is 2.59 bits per heavy atom. The molecule has 0 saturated carbocycles. The first-order valence-corrected chi connectivity index (χ1v) is 6.51. The Morgan fingerprint density at radius 2 is 2.06 bits per heavy atom. The van der Waals surface area contributed by atoms with Gasteiger partial charge < -0.3 is 5.73 Å². The molecule has 0 aliphatic rings. The van der Waals surface area contributed by atoms with E-state index < -0.39 is 5.82 Å². The van der Waals surface area contributed by atoms with Crippen LogP contribution in [0.5, 0.6) is 0 Å². The van der Waals surface area contributed by atoms with E-state index in [2.05, 4.69) is 15.9 Å². The zero-order valence-corrected chi connectivity index (χ0v) is 11.5. The van der Waals surface area contributed by atoms with Gasteiger partial charge in [-0.3, -0.25) is 4.79 Å². The Morgan fingerprint density at radius 1 is 1.35 bits per heavy atom. The van der Waals surface area contributed by atoms with Crippen LogP contribution in [0.25, 0.3) is 0 Å². The van der Waals surface area contributed by atoms with E-state index in [0.29, 0.717) is 13.7 Å². The van der Waals surface area contributed by atoms with Gasteiger partial charge in [0, 0.05) is 15.7 Å². The maximum Gasteiger partial charge on any atom is 0.203 e. The second-order valence-electron chi connectivity index (χ2n) is 3.33. The highest BCUT2D eigenvalue weighted by molar-refractivity contribution is 9.10. The van der Waals surface area contributed by atoms with E-state index >= 15 is 0 Å². The summed E-state index contributed by atoms with van der Waals surface area (Å²) in [6.07, 6.45) is 0. The van der Waals surface area contributed by atoms with Crippen LogP contribution < -0.4 is 5.73 Å². The molecule has 1 aromatic heterocycles. The van der Waals surface area contributed by atoms with Crippen molar-refractivity contribution in [2.45, 2.75) is 0 Å². The van der Waals surface area contributed by atoms with Gasteiger partial charge in [-0.2, -0.15) is 0 Å². The molecule has 2 N–H and O–H groups in total. The lowest BCUT2D eigenvalue weighted by atomic mass is 10.1. The molecular weight excluding hydrogens is 329 g/mol. The molecule has 0 radical (unpaired) electrons. The number of thiophene rings is 1. The number of carbonyl (C=O) groups is 1. The van der Waals surface area contributed by atoms with E-state index in [-0.39, 0.29) is 17.0 Å². The molecule has 0 unspecified atom stereocenters. The summed E-state index contributed by atoms with van der Waals surface area (Å²) in [7, 11) is 0. The van der Waals surface area contributed by atoms with Gasteiger partial charge in [-0.05, 0) is 40.2 Å². The number of carbonyl (C=O) groups excluding carboxylic acids is 1. The lowest BCUT2D eigenvalue weighted by molar-refractivity contribution is 0.104. The Labute approximate surface area is 114 Å². The predicted molar refractivity (Wildman–Crippen MR) is 71.3 cm³/mol. The summed E-state index contributed by atoms with van der Waals surface area (Å²) in [5.41, 5.74) is 5.92. The first-order valence-electron chi connectivity index (χ1n) is 4.53. The molecule has 0 saturated heterocycles. The van der Waals surface area contributed by atoms with Gasteiger partial charge in [-0.1, -0.05) is 11.6 Å². The molecule has 17 heavy (non-hydrogen) atoms. The van der Waals surface area contributed by atoms with Crippen LogP contribution in [-0.4, -0.2) is 5.78 Å². The average Bonchev–Trinajstić information content (AvgIpc) is 2.57. The zero-order valence-electron chi connectivity index (χ0n) is 8.34. The molecule has 2 nitrogen and oxygen atoms in total. The Bertz CT molecular complexity index is 559. The highest BCUT2D eigenvalue weighted by Crippen LogP contribution is 2.33. The lowest BCUT2D eigenvalue weighted by Crippen LogP contribution is -2.00. The summed E-state index contributed by atoms with van der Waals surface area (Å²) in [5.74, 6) is -0.830. The van der Waals surface area contributed by atoms with Crippen LogP contribution in [0, 0.1) is 5.82 Å². The molecule has 6 heteroatoms. The standard InChI is InChI=1S/C11H6BrClFNOS/c12-8-4-9(17-11(8)13)10(16)5-1-6(14)3-7(15)2-5/h1-4H,15H2. The van der Waals surface area contributed by atoms with Gasteiger partial charge in [0.15, 0.2) is 0 Å². The van der Waals surface area contributed by atoms with Crippen molar-refractivity contribution in [3.05, 3.63) is 49.3 Å². The predicted octanol–water partition coefficient (Wildman–Crippen LogP) is 4.12. The molecule has 0 aliphatic carbocycles. The van der Waals surface area contributed by atoms with Crippen molar-refractivity contribution in [2.75, 3.05) is 5.73 Å². The number of nitrogens with two attached hydrogens (primary N) is 1. The van der Waals surface area contributed by atoms with Gasteiger partial charge in [-0.15, -0.1) is 11.3 Å². The first-order chi connectivity index (χ1) is 7.97. The zero-order chi connectivity index (χ0) is 12.6. The molecule has 1 heterocycles. The molecular formula is C11H6BrClFNOS. The number of nitrogen functional groups attached to an aromatic ring is 1. The molecule has 2 rings (SSSR count). The van der Waals surface area contributed by atoms with Gasteiger partial charge in [0.1, 0.15) is 10.2 Å². The van der Waals surface area contributed by atoms with Crippen molar-refractivity contribution < 1.29 is 9.18 Å². The molecule has 0 amide bonds. The Kier molecular flexibility index (Phi) is 3.51. The summed E-state index contributed by atoms with van der Waals surface area (Å²) in [6, 6.07) is 5.36. The molecule has 0 bridgehead atoms. The third-order valence-electron chi connectivity index (χ3n) is 2.05. The average molecular weight is 335 g/mol. The van der Waals surface area contributed by atoms with E-state index in [0.717, 1.165) is 23.5 Å². The van der Waals surface area contributed by atoms with Gasteiger partial charge in [0.25, 0.3) is 0 Å². The van der Waals surface area contributed by atoms with Gasteiger partial charge in [0.2, 0.25) is 5.78 Å². The second-order valence-corrected chi connectivity index (χ2v) is 5.84. The smallest absolute Gasteiger partial charge is 0.203 e. The second kappa shape index (κ2) is 4.76. The number of halogens is 3. The molecule has 2 aromatic rings. The minimum Gasteiger partial charge on any atom is -0.399 e. The minimum atomic E-state index is -0.532. The third-order valence-corrected chi connectivity index (χ3v) is 4.52. The van der Waals surface area contributed by atoms with Crippen LogP contribution in [0.1, 0.15) is 15.2 Å². The molecule has 0 fully saturated rings. The van der Waals surface area contributed by atoms with Crippen LogP contribution in [0.4, 0.5) is 10.1 Å². The number of hydrogen-bond donors (Lipinski definition) is 1. The summed E-state index contributed by atoms with van der Waals surface area (Å²) in [5, 5.41) is 0. The quantitative estimate of drug-likeness (QED) is 0.663. The number of anilines is 1. The number of rotatable bonds is 2.